The Kier molecular flexibility index (Phi) is 3.81. The second-order valence-corrected chi connectivity index (χ2v) is 4.50. The third-order valence-electron chi connectivity index (χ3n) is 1.99. The van der Waals surface area contributed by atoms with E-state index in [1.807, 2.05) is 6.92 Å². The molecule has 0 spiro atoms. The van der Waals surface area contributed by atoms with Crippen LogP contribution in [-0.4, -0.2) is 10.2 Å². The lowest BCUT2D eigenvalue weighted by Gasteiger charge is -2.03. The van der Waals surface area contributed by atoms with Gasteiger partial charge in [-0.2, -0.15) is 0 Å². The molecule has 13 heavy (non-hydrogen) atoms. The predicted molar refractivity (Wildman–Crippen MR) is 55.8 cm³/mol. The zero-order valence-electron chi connectivity index (χ0n) is 8.45. The Balaban J connectivity index is 2.67. The summed E-state index contributed by atoms with van der Waals surface area (Å²) in [6, 6.07) is 0.0140. The Hall–Kier alpha value is -0.480. The molecule has 0 amide bonds. The molecule has 0 fully saturated rings. The van der Waals surface area contributed by atoms with Crippen molar-refractivity contribution in [1.82, 2.24) is 10.2 Å². The molecular weight excluding hydrogens is 182 g/mol. The molecule has 2 N–H and O–H groups in total. The summed E-state index contributed by atoms with van der Waals surface area (Å²) in [5, 5.41) is 10.3. The Bertz CT molecular complexity index is 257. The van der Waals surface area contributed by atoms with Crippen LogP contribution < -0.4 is 5.73 Å². The minimum absolute atomic E-state index is 0.0140. The number of nitrogens with zero attached hydrogens (tertiary/aromatic N) is 2. The van der Waals surface area contributed by atoms with Crippen molar-refractivity contribution < 1.29 is 0 Å². The van der Waals surface area contributed by atoms with Crippen molar-refractivity contribution in [3.8, 4) is 0 Å². The predicted octanol–water partition coefficient (Wildman–Crippen LogP) is 2.46. The molecule has 1 heterocycles. The van der Waals surface area contributed by atoms with Crippen molar-refractivity contribution in [2.45, 2.75) is 45.6 Å². The van der Waals surface area contributed by atoms with Crippen molar-refractivity contribution in [2.24, 2.45) is 5.73 Å². The minimum Gasteiger partial charge on any atom is -0.322 e. The molecule has 2 atom stereocenters. The van der Waals surface area contributed by atoms with E-state index < -0.39 is 0 Å². The van der Waals surface area contributed by atoms with E-state index in [1.54, 1.807) is 11.3 Å². The van der Waals surface area contributed by atoms with Gasteiger partial charge in [0.15, 0.2) is 0 Å². The molecule has 0 radical (unpaired) electrons. The summed E-state index contributed by atoms with van der Waals surface area (Å²) in [6.07, 6.45) is 2.36. The number of hydrogen-bond donors (Lipinski definition) is 1. The summed E-state index contributed by atoms with van der Waals surface area (Å²) >= 11 is 1.64. The molecule has 0 aliphatic heterocycles. The highest BCUT2D eigenvalue weighted by atomic mass is 32.1. The van der Waals surface area contributed by atoms with E-state index in [0.717, 1.165) is 10.0 Å². The fourth-order valence-electron chi connectivity index (χ4n) is 1.19. The van der Waals surface area contributed by atoms with Crippen molar-refractivity contribution >= 4 is 11.3 Å². The minimum atomic E-state index is 0.0140. The quantitative estimate of drug-likeness (QED) is 0.810. The average Bonchev–Trinajstić information content (AvgIpc) is 2.52. The van der Waals surface area contributed by atoms with Crippen molar-refractivity contribution in [2.75, 3.05) is 0 Å². The van der Waals surface area contributed by atoms with E-state index in [1.165, 1.54) is 12.8 Å². The summed E-state index contributed by atoms with van der Waals surface area (Å²) in [5.41, 5.74) is 5.71. The van der Waals surface area contributed by atoms with Crippen LogP contribution in [0, 0.1) is 0 Å². The molecule has 0 aliphatic carbocycles. The third kappa shape index (κ3) is 2.74. The lowest BCUT2D eigenvalue weighted by Crippen LogP contribution is -2.03. The molecule has 4 heteroatoms. The van der Waals surface area contributed by atoms with Crippen LogP contribution >= 0.6 is 11.3 Å². The van der Waals surface area contributed by atoms with E-state index in [9.17, 15) is 0 Å². The Morgan fingerprint density at radius 1 is 1.31 bits per heavy atom. The Morgan fingerprint density at radius 3 is 2.38 bits per heavy atom. The van der Waals surface area contributed by atoms with E-state index in [4.69, 9.17) is 5.73 Å². The number of rotatable bonds is 4. The largest absolute Gasteiger partial charge is 0.322 e. The summed E-state index contributed by atoms with van der Waals surface area (Å²) in [7, 11) is 0. The zero-order chi connectivity index (χ0) is 9.84. The highest BCUT2D eigenvalue weighted by Gasteiger charge is 2.12. The molecule has 2 unspecified atom stereocenters. The molecular formula is C9H17N3S. The monoisotopic (exact) mass is 199 g/mol. The second kappa shape index (κ2) is 4.67. The van der Waals surface area contributed by atoms with Crippen molar-refractivity contribution in [1.29, 1.82) is 0 Å². The van der Waals surface area contributed by atoms with Crippen LogP contribution in [0.1, 0.15) is 55.6 Å². The van der Waals surface area contributed by atoms with Crippen LogP contribution in [0.25, 0.3) is 0 Å². The van der Waals surface area contributed by atoms with Gasteiger partial charge in [-0.25, -0.2) is 0 Å². The van der Waals surface area contributed by atoms with Gasteiger partial charge in [0, 0.05) is 5.92 Å². The van der Waals surface area contributed by atoms with Gasteiger partial charge in [0.25, 0.3) is 0 Å². The molecule has 1 aromatic heterocycles. The Morgan fingerprint density at radius 2 is 1.92 bits per heavy atom. The van der Waals surface area contributed by atoms with Gasteiger partial charge >= 0.3 is 0 Å². The van der Waals surface area contributed by atoms with E-state index in [2.05, 4.69) is 24.0 Å². The molecule has 3 nitrogen and oxygen atoms in total. The van der Waals surface area contributed by atoms with Crippen molar-refractivity contribution in [3.05, 3.63) is 10.0 Å². The van der Waals surface area contributed by atoms with Crippen LogP contribution in [0.3, 0.4) is 0 Å². The number of aromatic nitrogens is 2. The maximum atomic E-state index is 5.71. The Labute approximate surface area is 83.4 Å². The molecule has 0 aromatic carbocycles. The highest BCUT2D eigenvalue weighted by Crippen LogP contribution is 2.25. The average molecular weight is 199 g/mol. The fourth-order valence-corrected chi connectivity index (χ4v) is 2.07. The van der Waals surface area contributed by atoms with Crippen LogP contribution in [0.5, 0.6) is 0 Å². The summed E-state index contributed by atoms with van der Waals surface area (Å²) < 4.78 is 0. The van der Waals surface area contributed by atoms with Crippen LogP contribution in [0.2, 0.25) is 0 Å². The molecule has 0 bridgehead atoms. The van der Waals surface area contributed by atoms with Gasteiger partial charge in [0.1, 0.15) is 10.0 Å². The van der Waals surface area contributed by atoms with E-state index in [-0.39, 0.29) is 6.04 Å². The highest BCUT2D eigenvalue weighted by molar-refractivity contribution is 7.11. The van der Waals surface area contributed by atoms with E-state index >= 15 is 0 Å². The number of nitrogens with two attached hydrogens (primary N) is 1. The van der Waals surface area contributed by atoms with Gasteiger partial charge in [-0.05, 0) is 13.3 Å². The van der Waals surface area contributed by atoms with Gasteiger partial charge in [0.05, 0.1) is 6.04 Å². The summed E-state index contributed by atoms with van der Waals surface area (Å²) in [5.74, 6) is 0.523. The molecule has 0 aliphatic rings. The lowest BCUT2D eigenvalue weighted by molar-refractivity contribution is 0.652. The van der Waals surface area contributed by atoms with Gasteiger partial charge in [-0.3, -0.25) is 0 Å². The van der Waals surface area contributed by atoms with Crippen LogP contribution in [0.4, 0.5) is 0 Å². The topological polar surface area (TPSA) is 51.8 Å². The van der Waals surface area contributed by atoms with Gasteiger partial charge in [-0.1, -0.05) is 31.6 Å². The maximum absolute atomic E-state index is 5.71. The molecule has 0 saturated carbocycles. The summed E-state index contributed by atoms with van der Waals surface area (Å²) in [4.78, 5) is 0. The molecule has 1 rings (SSSR count). The first-order chi connectivity index (χ1) is 6.15. The smallest absolute Gasteiger partial charge is 0.133 e. The van der Waals surface area contributed by atoms with Gasteiger partial charge in [-0.15, -0.1) is 10.2 Å². The first-order valence-electron chi connectivity index (χ1n) is 4.74. The first kappa shape index (κ1) is 10.6. The van der Waals surface area contributed by atoms with Gasteiger partial charge in [0.2, 0.25) is 0 Å². The van der Waals surface area contributed by atoms with Crippen LogP contribution in [0.15, 0.2) is 0 Å². The molecule has 1 aromatic rings. The SMILES string of the molecule is CCCC(C)c1nnc(C(C)N)s1. The maximum Gasteiger partial charge on any atom is 0.133 e. The zero-order valence-corrected chi connectivity index (χ0v) is 9.27. The van der Waals surface area contributed by atoms with Gasteiger partial charge < -0.3 is 5.73 Å². The standard InChI is InChI=1S/C9H17N3S/c1-4-5-6(2)8-11-12-9(13-8)7(3)10/h6-7H,4-5,10H2,1-3H3. The first-order valence-corrected chi connectivity index (χ1v) is 5.55. The third-order valence-corrected chi connectivity index (χ3v) is 3.34. The normalized spacial score (nSPS) is 15.7. The number of hydrogen-bond acceptors (Lipinski definition) is 4. The summed E-state index contributed by atoms with van der Waals surface area (Å²) in [6.45, 7) is 6.31. The molecule has 74 valence electrons. The molecule has 0 saturated heterocycles. The van der Waals surface area contributed by atoms with E-state index in [0.29, 0.717) is 5.92 Å². The lowest BCUT2D eigenvalue weighted by atomic mass is 10.1. The van der Waals surface area contributed by atoms with Crippen molar-refractivity contribution in [3.63, 3.8) is 0 Å². The second-order valence-electron chi connectivity index (χ2n) is 3.46. The fraction of sp³-hybridized carbons (Fsp3) is 0.778. The van der Waals surface area contributed by atoms with Crippen LogP contribution in [-0.2, 0) is 0 Å².